The number of esters is 2. The van der Waals surface area contributed by atoms with Crippen molar-refractivity contribution >= 4 is 11.9 Å². The number of carbonyl (C=O) groups excluding carboxylic acids is 2. The second-order valence-electron chi connectivity index (χ2n) is 6.84. The molecule has 1 heterocycles. The normalized spacial score (nSPS) is 32.9. The van der Waals surface area contributed by atoms with Gasteiger partial charge in [-0.05, 0) is 40.2 Å². The molecule has 4 atom stereocenters. The van der Waals surface area contributed by atoms with Crippen molar-refractivity contribution in [2.75, 3.05) is 0 Å². The van der Waals surface area contributed by atoms with Gasteiger partial charge in [-0.25, -0.2) is 9.59 Å². The molecule has 2 aliphatic rings. The van der Waals surface area contributed by atoms with Crippen molar-refractivity contribution in [3.05, 3.63) is 47.1 Å². The van der Waals surface area contributed by atoms with Crippen molar-refractivity contribution in [3.63, 3.8) is 0 Å². The number of aliphatic hydroxyl groups excluding tert-OH is 1. The lowest BCUT2D eigenvalue weighted by atomic mass is 9.85. The fraction of sp³-hybridized carbons (Fsp3) is 0.500. The van der Waals surface area contributed by atoms with Crippen LogP contribution in [-0.2, 0) is 19.1 Å². The predicted molar refractivity (Wildman–Crippen MR) is 94.6 cm³/mol. The maximum absolute atomic E-state index is 12.3. The van der Waals surface area contributed by atoms with Crippen LogP contribution in [0.15, 0.2) is 47.1 Å². The summed E-state index contributed by atoms with van der Waals surface area (Å²) in [5, 5.41) is 10.2. The number of hydrogen-bond donors (Lipinski definition) is 1. The van der Waals surface area contributed by atoms with Gasteiger partial charge in [0.1, 0.15) is 12.2 Å². The molecule has 0 aromatic rings. The third-order valence-electron chi connectivity index (χ3n) is 4.66. The Morgan fingerprint density at radius 1 is 1.32 bits per heavy atom. The van der Waals surface area contributed by atoms with Crippen molar-refractivity contribution < 1.29 is 24.2 Å². The summed E-state index contributed by atoms with van der Waals surface area (Å²) in [4.78, 5) is 24.3. The van der Waals surface area contributed by atoms with Gasteiger partial charge in [0.25, 0.3) is 0 Å². The molecule has 2 rings (SSSR count). The minimum Gasteiger partial charge on any atom is -0.458 e. The van der Waals surface area contributed by atoms with Crippen molar-refractivity contribution in [2.24, 2.45) is 5.92 Å². The number of hydrogen-bond acceptors (Lipinski definition) is 5. The maximum atomic E-state index is 12.3. The Hall–Kier alpha value is -2.14. The molecule has 0 bridgehead atoms. The first-order chi connectivity index (χ1) is 11.7. The highest BCUT2D eigenvalue weighted by atomic mass is 16.6. The molecule has 1 fully saturated rings. The van der Waals surface area contributed by atoms with E-state index in [0.717, 1.165) is 11.1 Å². The molecule has 136 valence electrons. The molecule has 5 heteroatoms. The van der Waals surface area contributed by atoms with Crippen LogP contribution in [0.4, 0.5) is 0 Å². The zero-order valence-electron chi connectivity index (χ0n) is 15.2. The van der Waals surface area contributed by atoms with E-state index in [0.29, 0.717) is 24.0 Å². The summed E-state index contributed by atoms with van der Waals surface area (Å²) in [6.07, 6.45) is 4.39. The Kier molecular flexibility index (Phi) is 6.01. The van der Waals surface area contributed by atoms with Crippen LogP contribution in [0.2, 0.25) is 0 Å². The van der Waals surface area contributed by atoms with E-state index >= 15 is 0 Å². The standard InChI is InChI=1S/C20H26O5/c1-6-13(4)19(22)24-16-9-11(2)7-15(21)8-12(3)10-17-18(16)14(5)20(23)25-17/h6-7,10,15-18,21H,5,8-9H2,1-4H3/b11-7+,12-10?,13-6+/t15-,16-,17-,18-/m1/s1. The Morgan fingerprint density at radius 2 is 1.96 bits per heavy atom. The minimum atomic E-state index is -0.623. The summed E-state index contributed by atoms with van der Waals surface area (Å²) >= 11 is 0. The van der Waals surface area contributed by atoms with Crippen LogP contribution in [0.3, 0.4) is 0 Å². The van der Waals surface area contributed by atoms with E-state index < -0.39 is 36.2 Å². The monoisotopic (exact) mass is 346 g/mol. The van der Waals surface area contributed by atoms with Crippen molar-refractivity contribution in [1.29, 1.82) is 0 Å². The first-order valence-corrected chi connectivity index (χ1v) is 8.49. The van der Waals surface area contributed by atoms with E-state index in [2.05, 4.69) is 6.58 Å². The summed E-state index contributed by atoms with van der Waals surface area (Å²) in [5.41, 5.74) is 2.62. The zero-order chi connectivity index (χ0) is 18.7. The largest absolute Gasteiger partial charge is 0.458 e. The van der Waals surface area contributed by atoms with Crippen LogP contribution >= 0.6 is 0 Å². The molecular formula is C20H26O5. The number of rotatable bonds is 2. The average molecular weight is 346 g/mol. The van der Waals surface area contributed by atoms with Crippen LogP contribution in [0.5, 0.6) is 0 Å². The van der Waals surface area contributed by atoms with Gasteiger partial charge in [0, 0.05) is 17.6 Å². The second kappa shape index (κ2) is 7.83. The number of aliphatic hydroxyl groups is 1. The van der Waals surface area contributed by atoms with Crippen LogP contribution in [0.25, 0.3) is 0 Å². The molecule has 0 saturated carbocycles. The molecule has 0 radical (unpaired) electrons. The van der Waals surface area contributed by atoms with Crippen LogP contribution in [-0.4, -0.2) is 35.4 Å². The minimum absolute atomic E-state index is 0.318. The lowest BCUT2D eigenvalue weighted by molar-refractivity contribution is -0.147. The quantitative estimate of drug-likeness (QED) is 0.473. The molecule has 1 saturated heterocycles. The molecule has 1 aliphatic heterocycles. The summed E-state index contributed by atoms with van der Waals surface area (Å²) in [6, 6.07) is 0. The van der Waals surface area contributed by atoms with Gasteiger partial charge >= 0.3 is 11.9 Å². The Balaban J connectivity index is 2.42. The van der Waals surface area contributed by atoms with Crippen molar-refractivity contribution in [2.45, 2.75) is 58.8 Å². The van der Waals surface area contributed by atoms with Gasteiger partial charge in [0.05, 0.1) is 12.0 Å². The third kappa shape index (κ3) is 4.48. The van der Waals surface area contributed by atoms with Crippen LogP contribution in [0, 0.1) is 5.92 Å². The van der Waals surface area contributed by atoms with Gasteiger partial charge < -0.3 is 14.6 Å². The van der Waals surface area contributed by atoms with Crippen LogP contribution < -0.4 is 0 Å². The van der Waals surface area contributed by atoms with Gasteiger partial charge in [-0.3, -0.25) is 0 Å². The number of carbonyl (C=O) groups is 2. The lowest BCUT2D eigenvalue weighted by Gasteiger charge is -2.28. The first-order valence-electron chi connectivity index (χ1n) is 8.49. The van der Waals surface area contributed by atoms with E-state index in [1.807, 2.05) is 19.9 Å². The molecule has 0 aromatic carbocycles. The topological polar surface area (TPSA) is 72.8 Å². The third-order valence-corrected chi connectivity index (χ3v) is 4.66. The summed E-state index contributed by atoms with van der Waals surface area (Å²) in [7, 11) is 0. The number of allylic oxidation sites excluding steroid dienone is 1. The molecule has 0 aromatic heterocycles. The number of fused-ring (bicyclic) bond motifs is 1. The second-order valence-corrected chi connectivity index (χ2v) is 6.84. The lowest BCUT2D eigenvalue weighted by Crippen LogP contribution is -2.34. The molecule has 1 N–H and O–H groups in total. The first kappa shape index (κ1) is 19.2. The summed E-state index contributed by atoms with van der Waals surface area (Å²) in [5.74, 6) is -1.33. The fourth-order valence-electron chi connectivity index (χ4n) is 3.22. The van der Waals surface area contributed by atoms with E-state index in [1.54, 1.807) is 26.0 Å². The fourth-order valence-corrected chi connectivity index (χ4v) is 3.22. The Labute approximate surface area is 148 Å². The zero-order valence-corrected chi connectivity index (χ0v) is 15.2. The van der Waals surface area contributed by atoms with Crippen molar-refractivity contribution in [3.8, 4) is 0 Å². The highest BCUT2D eigenvalue weighted by molar-refractivity contribution is 5.92. The van der Waals surface area contributed by atoms with Gasteiger partial charge in [-0.1, -0.05) is 29.9 Å². The highest BCUT2D eigenvalue weighted by Crippen LogP contribution is 2.36. The Morgan fingerprint density at radius 3 is 2.60 bits per heavy atom. The SMILES string of the molecule is C=C1C(=O)O[C@@H]2C=C(C)C[C@H](O)/C=C(\C)C[C@@H](OC(=O)/C(C)=C/C)[C@@H]12. The van der Waals surface area contributed by atoms with Gasteiger partial charge in [0.2, 0.25) is 0 Å². The maximum Gasteiger partial charge on any atom is 0.334 e. The van der Waals surface area contributed by atoms with Crippen molar-refractivity contribution in [1.82, 2.24) is 0 Å². The number of ether oxygens (including phenoxy) is 2. The van der Waals surface area contributed by atoms with Gasteiger partial charge in [-0.15, -0.1) is 0 Å². The Bertz CT molecular complexity index is 668. The molecular weight excluding hydrogens is 320 g/mol. The molecule has 0 unspecified atom stereocenters. The average Bonchev–Trinajstić information content (AvgIpc) is 2.78. The van der Waals surface area contributed by atoms with E-state index in [1.165, 1.54) is 0 Å². The van der Waals surface area contributed by atoms with E-state index in [-0.39, 0.29) is 0 Å². The van der Waals surface area contributed by atoms with Gasteiger partial charge in [0.15, 0.2) is 0 Å². The molecule has 25 heavy (non-hydrogen) atoms. The predicted octanol–water partition coefficient (Wildman–Crippen LogP) is 3.01. The molecule has 0 spiro atoms. The molecule has 0 amide bonds. The van der Waals surface area contributed by atoms with Crippen LogP contribution in [0.1, 0.15) is 40.5 Å². The molecule has 5 nitrogen and oxygen atoms in total. The molecule has 1 aliphatic carbocycles. The summed E-state index contributed by atoms with van der Waals surface area (Å²) in [6.45, 7) is 11.1. The van der Waals surface area contributed by atoms with E-state index in [9.17, 15) is 14.7 Å². The summed E-state index contributed by atoms with van der Waals surface area (Å²) < 4.78 is 11.1. The van der Waals surface area contributed by atoms with E-state index in [4.69, 9.17) is 9.47 Å². The smallest absolute Gasteiger partial charge is 0.334 e. The van der Waals surface area contributed by atoms with Gasteiger partial charge in [-0.2, -0.15) is 0 Å². The highest BCUT2D eigenvalue weighted by Gasteiger charge is 2.44.